The van der Waals surface area contributed by atoms with Gasteiger partial charge in [-0.2, -0.15) is 5.10 Å². The van der Waals surface area contributed by atoms with Crippen LogP contribution >= 0.6 is 0 Å². The summed E-state index contributed by atoms with van der Waals surface area (Å²) < 4.78 is 25.8. The van der Waals surface area contributed by atoms with Gasteiger partial charge in [0.05, 0.1) is 6.20 Å². The van der Waals surface area contributed by atoms with Gasteiger partial charge in [0.15, 0.2) is 5.03 Å². The smallest absolute Gasteiger partial charge is 0.257 e. The van der Waals surface area contributed by atoms with E-state index in [1.54, 1.807) is 0 Å². The van der Waals surface area contributed by atoms with E-state index in [9.17, 15) is 8.42 Å². The zero-order valence-corrected chi connectivity index (χ0v) is 9.29. The van der Waals surface area contributed by atoms with Crippen LogP contribution in [0.2, 0.25) is 0 Å². The Kier molecular flexibility index (Phi) is 4.25. The van der Waals surface area contributed by atoms with E-state index in [0.717, 1.165) is 0 Å². The molecule has 1 atom stereocenters. The average molecular weight is 233 g/mol. The molecule has 86 valence electrons. The molecule has 0 aliphatic heterocycles. The number of sulfonamides is 1. The van der Waals surface area contributed by atoms with Gasteiger partial charge in [0.1, 0.15) is 0 Å². The summed E-state index contributed by atoms with van der Waals surface area (Å²) in [7, 11) is -3.53. The molecule has 15 heavy (non-hydrogen) atoms. The lowest BCUT2D eigenvalue weighted by atomic mass is 10.2. The van der Waals surface area contributed by atoms with Crippen LogP contribution in [-0.4, -0.2) is 36.4 Å². The van der Waals surface area contributed by atoms with Gasteiger partial charge in [-0.3, -0.25) is 5.10 Å². The molecule has 1 rings (SSSR count). The van der Waals surface area contributed by atoms with Gasteiger partial charge in [0.2, 0.25) is 0 Å². The molecule has 0 saturated heterocycles. The summed E-state index contributed by atoms with van der Waals surface area (Å²) in [6.45, 7) is 1.82. The van der Waals surface area contributed by atoms with Gasteiger partial charge in [-0.05, 0) is 18.9 Å². The lowest BCUT2D eigenvalue weighted by Gasteiger charge is -2.14. The van der Waals surface area contributed by atoms with E-state index >= 15 is 0 Å². The predicted octanol–water partition coefficient (Wildman–Crippen LogP) is -0.151. The minimum Gasteiger partial charge on any atom is -0.396 e. The highest BCUT2D eigenvalue weighted by molar-refractivity contribution is 7.89. The third-order valence-corrected chi connectivity index (χ3v) is 3.51. The first-order valence-corrected chi connectivity index (χ1v) is 6.21. The van der Waals surface area contributed by atoms with Gasteiger partial charge in [0.25, 0.3) is 10.0 Å². The molecule has 0 radical (unpaired) electrons. The van der Waals surface area contributed by atoms with Gasteiger partial charge >= 0.3 is 0 Å². The number of rotatable bonds is 6. The Morgan fingerprint density at radius 1 is 1.67 bits per heavy atom. The van der Waals surface area contributed by atoms with Crippen LogP contribution in [0.1, 0.15) is 19.8 Å². The first-order valence-electron chi connectivity index (χ1n) is 4.72. The minimum atomic E-state index is -3.53. The normalized spacial score (nSPS) is 14.0. The molecule has 0 aromatic carbocycles. The summed E-state index contributed by atoms with van der Waals surface area (Å²) in [6.07, 6.45) is 2.42. The second-order valence-electron chi connectivity index (χ2n) is 3.16. The van der Waals surface area contributed by atoms with Crippen LogP contribution in [-0.2, 0) is 10.0 Å². The van der Waals surface area contributed by atoms with E-state index in [4.69, 9.17) is 5.11 Å². The Morgan fingerprint density at radius 2 is 2.40 bits per heavy atom. The Hall–Kier alpha value is -0.920. The number of aliphatic hydroxyl groups excluding tert-OH is 1. The van der Waals surface area contributed by atoms with Gasteiger partial charge in [0, 0.05) is 12.6 Å². The van der Waals surface area contributed by atoms with Crippen molar-refractivity contribution in [3.05, 3.63) is 12.3 Å². The zero-order chi connectivity index (χ0) is 11.3. The molecule has 0 saturated carbocycles. The lowest BCUT2D eigenvalue weighted by Crippen LogP contribution is -2.35. The molecule has 1 aromatic rings. The van der Waals surface area contributed by atoms with Crippen molar-refractivity contribution in [2.75, 3.05) is 6.61 Å². The number of aliphatic hydroxyl groups is 1. The highest BCUT2D eigenvalue weighted by Gasteiger charge is 2.19. The molecular weight excluding hydrogens is 218 g/mol. The fourth-order valence-corrected chi connectivity index (χ4v) is 2.44. The Morgan fingerprint density at radius 3 is 2.87 bits per heavy atom. The third-order valence-electron chi connectivity index (χ3n) is 2.06. The van der Waals surface area contributed by atoms with Gasteiger partial charge in [-0.1, -0.05) is 6.92 Å². The van der Waals surface area contributed by atoms with Crippen LogP contribution < -0.4 is 4.72 Å². The van der Waals surface area contributed by atoms with E-state index in [1.807, 2.05) is 6.92 Å². The fourth-order valence-electron chi connectivity index (χ4n) is 1.18. The molecule has 0 aliphatic carbocycles. The Labute approximate surface area is 88.8 Å². The molecule has 1 aromatic heterocycles. The van der Waals surface area contributed by atoms with Crippen molar-refractivity contribution >= 4 is 10.0 Å². The van der Waals surface area contributed by atoms with E-state index in [-0.39, 0.29) is 17.7 Å². The molecule has 1 unspecified atom stereocenters. The number of nitrogens with one attached hydrogen (secondary N) is 2. The first kappa shape index (κ1) is 12.2. The molecular formula is C8H15N3O3S. The second kappa shape index (κ2) is 5.24. The zero-order valence-electron chi connectivity index (χ0n) is 8.47. The highest BCUT2D eigenvalue weighted by Crippen LogP contribution is 2.06. The number of H-pyrrole nitrogens is 1. The van der Waals surface area contributed by atoms with E-state index in [0.29, 0.717) is 12.8 Å². The minimum absolute atomic E-state index is 0.0377. The second-order valence-corrected chi connectivity index (χ2v) is 4.84. The Bertz CT molecular complexity index is 374. The molecule has 7 heteroatoms. The topological polar surface area (TPSA) is 95.1 Å². The van der Waals surface area contributed by atoms with E-state index in [1.165, 1.54) is 12.3 Å². The maximum atomic E-state index is 11.7. The monoisotopic (exact) mass is 233 g/mol. The van der Waals surface area contributed by atoms with Crippen LogP contribution in [0.4, 0.5) is 0 Å². The molecule has 0 bridgehead atoms. The molecule has 0 spiro atoms. The molecule has 0 aliphatic rings. The van der Waals surface area contributed by atoms with Crippen molar-refractivity contribution in [1.29, 1.82) is 0 Å². The van der Waals surface area contributed by atoms with Crippen LogP contribution in [0.3, 0.4) is 0 Å². The SMILES string of the molecule is CCC(CCO)NS(=O)(=O)c1ccn[nH]1. The number of aromatic amines is 1. The van der Waals surface area contributed by atoms with E-state index in [2.05, 4.69) is 14.9 Å². The highest BCUT2D eigenvalue weighted by atomic mass is 32.2. The van der Waals surface area contributed by atoms with Crippen LogP contribution in [0.25, 0.3) is 0 Å². The summed E-state index contributed by atoms with van der Waals surface area (Å²) in [5, 5.41) is 14.7. The fraction of sp³-hybridized carbons (Fsp3) is 0.625. The van der Waals surface area contributed by atoms with Crippen molar-refractivity contribution in [3.8, 4) is 0 Å². The quantitative estimate of drug-likeness (QED) is 0.636. The summed E-state index contributed by atoms with van der Waals surface area (Å²) in [5.41, 5.74) is 0. The molecule has 1 heterocycles. The van der Waals surface area contributed by atoms with Crippen molar-refractivity contribution in [1.82, 2.24) is 14.9 Å². The van der Waals surface area contributed by atoms with Crippen LogP contribution in [0, 0.1) is 0 Å². The maximum absolute atomic E-state index is 11.7. The summed E-state index contributed by atoms with van der Waals surface area (Å²) in [4.78, 5) is 0. The van der Waals surface area contributed by atoms with E-state index < -0.39 is 10.0 Å². The standard InChI is InChI=1S/C8H15N3O3S/c1-2-7(4-6-12)11-15(13,14)8-3-5-9-10-8/h3,5,7,11-12H,2,4,6H2,1H3,(H,9,10). The predicted molar refractivity (Wildman–Crippen MR) is 54.7 cm³/mol. The molecule has 0 fully saturated rings. The summed E-state index contributed by atoms with van der Waals surface area (Å²) >= 11 is 0. The van der Waals surface area contributed by atoms with Crippen molar-refractivity contribution in [2.24, 2.45) is 0 Å². The summed E-state index contributed by atoms with van der Waals surface area (Å²) in [6, 6.07) is 1.14. The first-order chi connectivity index (χ1) is 7.10. The number of hydrogen-bond acceptors (Lipinski definition) is 4. The van der Waals surface area contributed by atoms with Gasteiger partial charge in [-0.25, -0.2) is 13.1 Å². The van der Waals surface area contributed by atoms with Gasteiger partial charge in [-0.15, -0.1) is 0 Å². The average Bonchev–Trinajstić information content (AvgIpc) is 2.70. The van der Waals surface area contributed by atoms with Crippen molar-refractivity contribution in [2.45, 2.75) is 30.8 Å². The molecule has 6 nitrogen and oxygen atoms in total. The van der Waals surface area contributed by atoms with Crippen LogP contribution in [0.5, 0.6) is 0 Å². The van der Waals surface area contributed by atoms with Crippen molar-refractivity contribution < 1.29 is 13.5 Å². The summed E-state index contributed by atoms with van der Waals surface area (Å²) in [5.74, 6) is 0. The molecule has 3 N–H and O–H groups in total. The lowest BCUT2D eigenvalue weighted by molar-refractivity contribution is 0.270. The molecule has 0 amide bonds. The van der Waals surface area contributed by atoms with Gasteiger partial charge < -0.3 is 5.11 Å². The third kappa shape index (κ3) is 3.29. The number of nitrogens with zero attached hydrogens (tertiary/aromatic N) is 1. The number of hydrogen-bond donors (Lipinski definition) is 3. The maximum Gasteiger partial charge on any atom is 0.257 e. The number of aromatic nitrogens is 2. The Balaban J connectivity index is 2.72. The van der Waals surface area contributed by atoms with Crippen molar-refractivity contribution in [3.63, 3.8) is 0 Å². The largest absolute Gasteiger partial charge is 0.396 e. The van der Waals surface area contributed by atoms with Crippen LogP contribution in [0.15, 0.2) is 17.3 Å².